The van der Waals surface area contributed by atoms with Crippen LogP contribution < -0.4 is 9.47 Å². The molecule has 0 amide bonds. The highest BCUT2D eigenvalue weighted by molar-refractivity contribution is 5.79. The summed E-state index contributed by atoms with van der Waals surface area (Å²) in [6.45, 7) is 15.8. The fourth-order valence-electron chi connectivity index (χ4n) is 4.25. The SMILES string of the molecule is CCOC(=O)C(C)(C)Oc1c(C)cc(CN2CCN(Cc3ccc(OC)cc3)CC2)cc1C. The lowest BCUT2D eigenvalue weighted by atomic mass is 10.0. The lowest BCUT2D eigenvalue weighted by molar-refractivity contribution is -0.158. The summed E-state index contributed by atoms with van der Waals surface area (Å²) < 4.78 is 16.5. The molecule has 0 atom stereocenters. The molecule has 2 aromatic rings. The number of nitrogens with zero attached hydrogens (tertiary/aromatic N) is 2. The Bertz CT molecular complexity index is 909. The van der Waals surface area contributed by atoms with Crippen molar-refractivity contribution < 1.29 is 19.0 Å². The van der Waals surface area contributed by atoms with E-state index >= 15 is 0 Å². The first-order valence-corrected chi connectivity index (χ1v) is 11.8. The van der Waals surface area contributed by atoms with Crippen molar-refractivity contribution in [3.05, 3.63) is 58.7 Å². The summed E-state index contributed by atoms with van der Waals surface area (Å²) in [5, 5.41) is 0. The number of ether oxygens (including phenoxy) is 3. The highest BCUT2D eigenvalue weighted by Crippen LogP contribution is 2.29. The van der Waals surface area contributed by atoms with E-state index in [4.69, 9.17) is 14.2 Å². The van der Waals surface area contributed by atoms with Crippen molar-refractivity contribution >= 4 is 5.97 Å². The van der Waals surface area contributed by atoms with Crippen LogP contribution >= 0.6 is 0 Å². The van der Waals surface area contributed by atoms with Crippen molar-refractivity contribution in [2.24, 2.45) is 0 Å². The van der Waals surface area contributed by atoms with Crippen molar-refractivity contribution in [3.63, 3.8) is 0 Å². The number of esters is 1. The Balaban J connectivity index is 1.55. The number of rotatable bonds is 9. The average Bonchev–Trinajstić information content (AvgIpc) is 2.78. The molecule has 0 N–H and O–H groups in total. The second kappa shape index (κ2) is 11.0. The van der Waals surface area contributed by atoms with Crippen LogP contribution in [0.25, 0.3) is 0 Å². The van der Waals surface area contributed by atoms with Gasteiger partial charge in [0.2, 0.25) is 0 Å². The zero-order valence-corrected chi connectivity index (χ0v) is 20.9. The van der Waals surface area contributed by atoms with Crippen LogP contribution in [-0.2, 0) is 22.6 Å². The molecule has 1 aliphatic rings. The van der Waals surface area contributed by atoms with Crippen LogP contribution in [0.5, 0.6) is 11.5 Å². The van der Waals surface area contributed by atoms with Crippen molar-refractivity contribution in [1.82, 2.24) is 9.80 Å². The largest absolute Gasteiger partial charge is 0.497 e. The first kappa shape index (κ1) is 25.1. The number of methoxy groups -OCH3 is 1. The molecule has 1 fully saturated rings. The molecule has 0 aliphatic carbocycles. The van der Waals surface area contributed by atoms with Crippen LogP contribution in [0, 0.1) is 13.8 Å². The average molecular weight is 455 g/mol. The number of aryl methyl sites for hydroxylation is 2. The fourth-order valence-corrected chi connectivity index (χ4v) is 4.25. The van der Waals surface area contributed by atoms with Crippen molar-refractivity contribution in [3.8, 4) is 11.5 Å². The van der Waals surface area contributed by atoms with Gasteiger partial charge in [-0.25, -0.2) is 4.79 Å². The summed E-state index contributed by atoms with van der Waals surface area (Å²) in [6.07, 6.45) is 0. The van der Waals surface area contributed by atoms with Gasteiger partial charge in [0, 0.05) is 39.3 Å². The summed E-state index contributed by atoms with van der Waals surface area (Å²) >= 11 is 0. The van der Waals surface area contributed by atoms with E-state index in [1.165, 1.54) is 11.1 Å². The summed E-state index contributed by atoms with van der Waals surface area (Å²) in [6, 6.07) is 12.7. The fraction of sp³-hybridized carbons (Fsp3) is 0.519. The maximum absolute atomic E-state index is 12.2. The molecular weight excluding hydrogens is 416 g/mol. The highest BCUT2D eigenvalue weighted by Gasteiger charge is 2.32. The molecular formula is C27H38N2O4. The molecule has 0 spiro atoms. The Labute approximate surface area is 198 Å². The van der Waals surface area contributed by atoms with Crippen molar-refractivity contribution in [2.45, 2.75) is 53.3 Å². The molecule has 1 saturated heterocycles. The monoisotopic (exact) mass is 454 g/mol. The van der Waals surface area contributed by atoms with E-state index in [-0.39, 0.29) is 5.97 Å². The third kappa shape index (κ3) is 6.71. The molecule has 6 heteroatoms. The highest BCUT2D eigenvalue weighted by atomic mass is 16.6. The summed E-state index contributed by atoms with van der Waals surface area (Å²) in [5.74, 6) is 1.32. The van der Waals surface area contributed by atoms with Gasteiger partial charge in [-0.2, -0.15) is 0 Å². The standard InChI is InChI=1S/C27H38N2O4/c1-7-32-26(30)27(4,5)33-25-20(2)16-23(17-21(25)3)19-29-14-12-28(13-15-29)18-22-8-10-24(31-6)11-9-22/h8-11,16-17H,7,12-15,18-19H2,1-6H3. The topological polar surface area (TPSA) is 51.2 Å². The number of piperazine rings is 1. The van der Waals surface area contributed by atoms with Gasteiger partial charge >= 0.3 is 5.97 Å². The molecule has 1 heterocycles. The van der Waals surface area contributed by atoms with Crippen LogP contribution in [0.1, 0.15) is 43.0 Å². The van der Waals surface area contributed by atoms with Gasteiger partial charge in [-0.05, 0) is 69.0 Å². The lowest BCUT2D eigenvalue weighted by Gasteiger charge is -2.35. The minimum atomic E-state index is -1.02. The zero-order chi connectivity index (χ0) is 24.0. The van der Waals surface area contributed by atoms with Gasteiger partial charge in [0.25, 0.3) is 0 Å². The van der Waals surface area contributed by atoms with E-state index in [0.29, 0.717) is 6.61 Å². The van der Waals surface area contributed by atoms with Crippen molar-refractivity contribution in [1.29, 1.82) is 0 Å². The molecule has 3 rings (SSSR count). The molecule has 180 valence electrons. The quantitative estimate of drug-likeness (QED) is 0.525. The van der Waals surface area contributed by atoms with Gasteiger partial charge < -0.3 is 14.2 Å². The predicted molar refractivity (Wildman–Crippen MR) is 131 cm³/mol. The van der Waals surface area contributed by atoms with Crippen LogP contribution in [0.3, 0.4) is 0 Å². The van der Waals surface area contributed by atoms with Gasteiger partial charge in [-0.3, -0.25) is 9.80 Å². The molecule has 0 bridgehead atoms. The minimum absolute atomic E-state index is 0.343. The van der Waals surface area contributed by atoms with Gasteiger partial charge in [0.15, 0.2) is 5.60 Å². The molecule has 0 saturated carbocycles. The number of carbonyl (C=O) groups is 1. The molecule has 2 aromatic carbocycles. The van der Waals surface area contributed by atoms with Crippen molar-refractivity contribution in [2.75, 3.05) is 39.9 Å². The molecule has 6 nitrogen and oxygen atoms in total. The van der Waals surface area contributed by atoms with E-state index in [0.717, 1.165) is 61.9 Å². The summed E-state index contributed by atoms with van der Waals surface area (Å²) in [5.41, 5.74) is 3.65. The molecule has 0 radical (unpaired) electrons. The van der Waals surface area contributed by atoms with Gasteiger partial charge in [-0.1, -0.05) is 24.3 Å². The Morgan fingerprint density at radius 3 is 1.91 bits per heavy atom. The first-order chi connectivity index (χ1) is 15.7. The van der Waals surface area contributed by atoms with E-state index in [2.05, 4.69) is 34.1 Å². The second-order valence-electron chi connectivity index (χ2n) is 9.29. The van der Waals surface area contributed by atoms with Gasteiger partial charge in [-0.15, -0.1) is 0 Å². The normalized spacial score (nSPS) is 15.3. The molecule has 33 heavy (non-hydrogen) atoms. The number of hydrogen-bond donors (Lipinski definition) is 0. The Morgan fingerprint density at radius 1 is 0.909 bits per heavy atom. The Morgan fingerprint density at radius 2 is 1.42 bits per heavy atom. The van der Waals surface area contributed by atoms with Crippen LogP contribution in [-0.4, -0.2) is 61.3 Å². The van der Waals surface area contributed by atoms with Gasteiger partial charge in [0.1, 0.15) is 11.5 Å². The maximum Gasteiger partial charge on any atom is 0.349 e. The second-order valence-corrected chi connectivity index (χ2v) is 9.29. The van der Waals surface area contributed by atoms with Crippen LogP contribution in [0.15, 0.2) is 36.4 Å². The number of hydrogen-bond acceptors (Lipinski definition) is 6. The van der Waals surface area contributed by atoms with E-state index in [1.807, 2.05) is 26.0 Å². The Hall–Kier alpha value is -2.57. The van der Waals surface area contributed by atoms with Gasteiger partial charge in [0.05, 0.1) is 13.7 Å². The van der Waals surface area contributed by atoms with Crippen LogP contribution in [0.2, 0.25) is 0 Å². The van der Waals surface area contributed by atoms with E-state index in [9.17, 15) is 4.79 Å². The first-order valence-electron chi connectivity index (χ1n) is 11.8. The smallest absolute Gasteiger partial charge is 0.349 e. The Kier molecular flexibility index (Phi) is 8.38. The molecule has 0 unspecified atom stereocenters. The molecule has 1 aliphatic heterocycles. The summed E-state index contributed by atoms with van der Waals surface area (Å²) in [7, 11) is 1.70. The number of benzene rings is 2. The maximum atomic E-state index is 12.2. The minimum Gasteiger partial charge on any atom is -0.497 e. The number of carbonyl (C=O) groups excluding carboxylic acids is 1. The molecule has 0 aromatic heterocycles. The third-order valence-corrected chi connectivity index (χ3v) is 6.08. The summed E-state index contributed by atoms with van der Waals surface area (Å²) in [4.78, 5) is 17.2. The third-order valence-electron chi connectivity index (χ3n) is 6.08. The van der Waals surface area contributed by atoms with Crippen LogP contribution in [0.4, 0.5) is 0 Å². The predicted octanol–water partition coefficient (Wildman–Crippen LogP) is 4.35. The zero-order valence-electron chi connectivity index (χ0n) is 20.9. The lowest BCUT2D eigenvalue weighted by Crippen LogP contribution is -2.45. The van der Waals surface area contributed by atoms with E-state index in [1.54, 1.807) is 27.9 Å². The van der Waals surface area contributed by atoms with E-state index < -0.39 is 5.60 Å².